The number of hydrogen-bond donors (Lipinski definition) is 2. The van der Waals surface area contributed by atoms with E-state index in [9.17, 15) is 9.59 Å². The molecule has 0 aliphatic heterocycles. The molecule has 0 fully saturated rings. The standard InChI is InChI=1S/C24H24N2O4/c1-29-22-15-20(10-11-21(22)30-16-18-6-3-2-4-7-18)24(28)26-13-12-17-8-5-9-19(14-17)23(25)27/h2-11,14-15H,12-13,16H2,1H3,(H2,25,27)(H,26,28). The van der Waals surface area contributed by atoms with Crippen molar-refractivity contribution < 1.29 is 19.1 Å². The van der Waals surface area contributed by atoms with E-state index in [0.717, 1.165) is 11.1 Å². The van der Waals surface area contributed by atoms with E-state index >= 15 is 0 Å². The summed E-state index contributed by atoms with van der Waals surface area (Å²) in [5.41, 5.74) is 8.20. The van der Waals surface area contributed by atoms with Crippen LogP contribution in [0.25, 0.3) is 0 Å². The molecule has 6 nitrogen and oxygen atoms in total. The second-order valence-electron chi connectivity index (χ2n) is 6.71. The van der Waals surface area contributed by atoms with Crippen molar-refractivity contribution in [2.75, 3.05) is 13.7 Å². The molecular weight excluding hydrogens is 380 g/mol. The van der Waals surface area contributed by atoms with E-state index in [1.54, 1.807) is 36.4 Å². The first-order valence-electron chi connectivity index (χ1n) is 9.58. The third-order valence-corrected chi connectivity index (χ3v) is 4.57. The minimum atomic E-state index is -0.470. The van der Waals surface area contributed by atoms with E-state index in [-0.39, 0.29) is 5.91 Å². The number of rotatable bonds is 9. The summed E-state index contributed by atoms with van der Waals surface area (Å²) in [7, 11) is 1.54. The largest absolute Gasteiger partial charge is 0.493 e. The summed E-state index contributed by atoms with van der Waals surface area (Å²) < 4.78 is 11.2. The molecule has 6 heteroatoms. The minimum Gasteiger partial charge on any atom is -0.493 e. The maximum atomic E-state index is 12.5. The van der Waals surface area contributed by atoms with Crippen LogP contribution in [0.5, 0.6) is 11.5 Å². The Bertz CT molecular complexity index is 1020. The summed E-state index contributed by atoms with van der Waals surface area (Å²) >= 11 is 0. The van der Waals surface area contributed by atoms with Gasteiger partial charge in [-0.05, 0) is 47.9 Å². The summed E-state index contributed by atoms with van der Waals surface area (Å²) in [5, 5.41) is 2.87. The van der Waals surface area contributed by atoms with Gasteiger partial charge in [0.2, 0.25) is 5.91 Å². The van der Waals surface area contributed by atoms with Crippen LogP contribution in [0.3, 0.4) is 0 Å². The Morgan fingerprint density at radius 2 is 1.63 bits per heavy atom. The molecule has 0 bridgehead atoms. The Balaban J connectivity index is 1.58. The molecule has 0 heterocycles. The zero-order valence-electron chi connectivity index (χ0n) is 16.8. The van der Waals surface area contributed by atoms with Crippen LogP contribution in [0, 0.1) is 0 Å². The minimum absolute atomic E-state index is 0.214. The molecule has 3 aromatic rings. The number of carbonyl (C=O) groups excluding carboxylic acids is 2. The summed E-state index contributed by atoms with van der Waals surface area (Å²) in [6.07, 6.45) is 0.586. The fourth-order valence-electron chi connectivity index (χ4n) is 2.97. The van der Waals surface area contributed by atoms with Crippen molar-refractivity contribution in [3.8, 4) is 11.5 Å². The first-order chi connectivity index (χ1) is 14.6. The molecule has 0 radical (unpaired) electrons. The number of nitrogens with one attached hydrogen (secondary N) is 1. The van der Waals surface area contributed by atoms with Crippen LogP contribution >= 0.6 is 0 Å². The highest BCUT2D eigenvalue weighted by Gasteiger charge is 2.11. The van der Waals surface area contributed by atoms with E-state index in [4.69, 9.17) is 15.2 Å². The second kappa shape index (κ2) is 10.1. The Kier molecular flexibility index (Phi) is 7.05. The maximum absolute atomic E-state index is 12.5. The predicted molar refractivity (Wildman–Crippen MR) is 115 cm³/mol. The summed E-state index contributed by atoms with van der Waals surface area (Å²) in [6, 6.07) is 22.0. The molecule has 3 rings (SSSR count). The lowest BCUT2D eigenvalue weighted by Gasteiger charge is -2.12. The molecule has 0 aliphatic rings. The van der Waals surface area contributed by atoms with Crippen molar-refractivity contribution in [3.63, 3.8) is 0 Å². The van der Waals surface area contributed by atoms with E-state index < -0.39 is 5.91 Å². The molecule has 0 saturated heterocycles. The van der Waals surface area contributed by atoms with E-state index in [1.807, 2.05) is 36.4 Å². The highest BCUT2D eigenvalue weighted by molar-refractivity contribution is 5.95. The van der Waals surface area contributed by atoms with Gasteiger partial charge in [-0.3, -0.25) is 9.59 Å². The van der Waals surface area contributed by atoms with Gasteiger partial charge in [-0.2, -0.15) is 0 Å². The number of methoxy groups -OCH3 is 1. The first kappa shape index (κ1) is 20.9. The average Bonchev–Trinajstić information content (AvgIpc) is 2.78. The molecule has 0 saturated carbocycles. The van der Waals surface area contributed by atoms with Crippen molar-refractivity contribution in [2.45, 2.75) is 13.0 Å². The number of amides is 2. The third kappa shape index (κ3) is 5.61. The molecule has 0 aromatic heterocycles. The molecule has 2 amide bonds. The summed E-state index contributed by atoms with van der Waals surface area (Å²) in [6.45, 7) is 0.836. The van der Waals surface area contributed by atoms with Crippen molar-refractivity contribution in [1.82, 2.24) is 5.32 Å². The van der Waals surface area contributed by atoms with Gasteiger partial charge in [0.1, 0.15) is 6.61 Å². The average molecular weight is 404 g/mol. The molecule has 30 heavy (non-hydrogen) atoms. The van der Waals surface area contributed by atoms with Crippen molar-refractivity contribution in [3.05, 3.63) is 95.1 Å². The molecule has 3 aromatic carbocycles. The number of hydrogen-bond acceptors (Lipinski definition) is 4. The fourth-order valence-corrected chi connectivity index (χ4v) is 2.97. The highest BCUT2D eigenvalue weighted by Crippen LogP contribution is 2.28. The van der Waals surface area contributed by atoms with Crippen LogP contribution in [-0.4, -0.2) is 25.5 Å². The SMILES string of the molecule is COc1cc(C(=O)NCCc2cccc(C(N)=O)c2)ccc1OCc1ccccc1. The van der Waals surface area contributed by atoms with Gasteiger partial charge < -0.3 is 20.5 Å². The van der Waals surface area contributed by atoms with Gasteiger partial charge in [-0.25, -0.2) is 0 Å². The van der Waals surface area contributed by atoms with Crippen LogP contribution in [-0.2, 0) is 13.0 Å². The first-order valence-corrected chi connectivity index (χ1v) is 9.58. The fraction of sp³-hybridized carbons (Fsp3) is 0.167. The molecule has 0 atom stereocenters. The predicted octanol–water partition coefficient (Wildman–Crippen LogP) is 3.35. The lowest BCUT2D eigenvalue weighted by atomic mass is 10.1. The number of ether oxygens (including phenoxy) is 2. The van der Waals surface area contributed by atoms with Gasteiger partial charge in [-0.15, -0.1) is 0 Å². The normalized spacial score (nSPS) is 10.3. The van der Waals surface area contributed by atoms with Gasteiger partial charge in [0.25, 0.3) is 5.91 Å². The Morgan fingerprint density at radius 1 is 0.867 bits per heavy atom. The lowest BCUT2D eigenvalue weighted by Crippen LogP contribution is -2.25. The molecular formula is C24H24N2O4. The van der Waals surface area contributed by atoms with E-state index in [1.165, 1.54) is 7.11 Å². The number of carbonyl (C=O) groups is 2. The van der Waals surface area contributed by atoms with E-state index in [2.05, 4.69) is 5.32 Å². The van der Waals surface area contributed by atoms with Crippen LogP contribution in [0.2, 0.25) is 0 Å². The maximum Gasteiger partial charge on any atom is 0.251 e. The van der Waals surface area contributed by atoms with Crippen LogP contribution in [0.1, 0.15) is 31.8 Å². The van der Waals surface area contributed by atoms with Gasteiger partial charge >= 0.3 is 0 Å². The Morgan fingerprint density at radius 3 is 2.37 bits per heavy atom. The monoisotopic (exact) mass is 404 g/mol. The topological polar surface area (TPSA) is 90.6 Å². The smallest absolute Gasteiger partial charge is 0.251 e. The summed E-state index contributed by atoms with van der Waals surface area (Å²) in [5.74, 6) is 0.380. The van der Waals surface area contributed by atoms with Crippen LogP contribution < -0.4 is 20.5 Å². The zero-order chi connectivity index (χ0) is 21.3. The molecule has 0 unspecified atom stereocenters. The van der Waals surface area contributed by atoms with Crippen LogP contribution in [0.15, 0.2) is 72.8 Å². The second-order valence-corrected chi connectivity index (χ2v) is 6.71. The molecule has 0 spiro atoms. The van der Waals surface area contributed by atoms with Crippen molar-refractivity contribution in [2.24, 2.45) is 5.73 Å². The molecule has 0 aliphatic carbocycles. The highest BCUT2D eigenvalue weighted by atomic mass is 16.5. The zero-order valence-corrected chi connectivity index (χ0v) is 16.8. The van der Waals surface area contributed by atoms with Crippen molar-refractivity contribution >= 4 is 11.8 Å². The molecule has 3 N–H and O–H groups in total. The third-order valence-electron chi connectivity index (χ3n) is 4.57. The Labute approximate surface area is 175 Å². The van der Waals surface area contributed by atoms with Gasteiger partial charge in [-0.1, -0.05) is 42.5 Å². The van der Waals surface area contributed by atoms with Crippen molar-refractivity contribution in [1.29, 1.82) is 0 Å². The van der Waals surface area contributed by atoms with E-state index in [0.29, 0.717) is 42.2 Å². The number of benzene rings is 3. The Hall–Kier alpha value is -3.80. The van der Waals surface area contributed by atoms with Gasteiger partial charge in [0, 0.05) is 17.7 Å². The molecule has 154 valence electrons. The van der Waals surface area contributed by atoms with Crippen LogP contribution in [0.4, 0.5) is 0 Å². The summed E-state index contributed by atoms with van der Waals surface area (Å²) in [4.78, 5) is 23.8. The van der Waals surface area contributed by atoms with Gasteiger partial charge in [0.15, 0.2) is 11.5 Å². The lowest BCUT2D eigenvalue weighted by molar-refractivity contribution is 0.0952. The number of nitrogens with two attached hydrogens (primary N) is 1. The number of primary amides is 1. The van der Waals surface area contributed by atoms with Gasteiger partial charge in [0.05, 0.1) is 7.11 Å². The quantitative estimate of drug-likeness (QED) is 0.572.